The van der Waals surface area contributed by atoms with E-state index in [-0.39, 0.29) is 17.7 Å². The van der Waals surface area contributed by atoms with Gasteiger partial charge in [0.25, 0.3) is 5.69 Å². The van der Waals surface area contributed by atoms with Crippen molar-refractivity contribution in [2.24, 2.45) is 0 Å². The summed E-state index contributed by atoms with van der Waals surface area (Å²) in [5, 5.41) is 19.3. The van der Waals surface area contributed by atoms with Gasteiger partial charge >= 0.3 is 0 Å². The van der Waals surface area contributed by atoms with Gasteiger partial charge in [-0.05, 0) is 18.6 Å². The average Bonchev–Trinajstić information content (AvgIpc) is 2.07. The highest BCUT2D eigenvalue weighted by atomic mass is 19.1. The Balaban J connectivity index is 2.95. The molecule has 0 aromatic heterocycles. The number of halogens is 1. The predicted octanol–water partition coefficient (Wildman–Crippen LogP) is 1.66. The zero-order chi connectivity index (χ0) is 10.7. The highest BCUT2D eigenvalue weighted by molar-refractivity contribution is 5.34. The second-order valence-electron chi connectivity index (χ2n) is 3.09. The normalized spacial score (nSPS) is 12.5. The highest BCUT2D eigenvalue weighted by Crippen LogP contribution is 2.17. The quantitative estimate of drug-likeness (QED) is 0.594. The number of nitro groups is 1. The Labute approximate surface area is 80.1 Å². The average molecular weight is 199 g/mol. The van der Waals surface area contributed by atoms with E-state index in [1.807, 2.05) is 0 Å². The Morgan fingerprint density at radius 1 is 1.64 bits per heavy atom. The van der Waals surface area contributed by atoms with Gasteiger partial charge in [-0.2, -0.15) is 0 Å². The largest absolute Gasteiger partial charge is 0.393 e. The molecule has 1 rings (SSSR count). The van der Waals surface area contributed by atoms with E-state index in [2.05, 4.69) is 0 Å². The lowest BCUT2D eigenvalue weighted by atomic mass is 10.1. The van der Waals surface area contributed by atoms with Crippen LogP contribution in [-0.2, 0) is 6.42 Å². The molecular formula is C9H10FNO3. The van der Waals surface area contributed by atoms with Gasteiger partial charge in [0.05, 0.1) is 17.1 Å². The van der Waals surface area contributed by atoms with E-state index < -0.39 is 16.8 Å². The van der Waals surface area contributed by atoms with E-state index in [4.69, 9.17) is 5.11 Å². The van der Waals surface area contributed by atoms with Crippen molar-refractivity contribution in [2.45, 2.75) is 19.4 Å². The van der Waals surface area contributed by atoms with Crippen LogP contribution in [0.15, 0.2) is 18.2 Å². The van der Waals surface area contributed by atoms with Crippen LogP contribution in [0.4, 0.5) is 10.1 Å². The molecule has 0 heterocycles. The maximum Gasteiger partial charge on any atom is 0.272 e. The van der Waals surface area contributed by atoms with E-state index in [1.165, 1.54) is 19.1 Å². The highest BCUT2D eigenvalue weighted by Gasteiger charge is 2.11. The minimum atomic E-state index is -0.661. The molecule has 1 N–H and O–H groups in total. The van der Waals surface area contributed by atoms with Crippen molar-refractivity contribution in [3.63, 3.8) is 0 Å². The number of hydrogen-bond acceptors (Lipinski definition) is 3. The monoisotopic (exact) mass is 199 g/mol. The molecule has 4 nitrogen and oxygen atoms in total. The smallest absolute Gasteiger partial charge is 0.272 e. The summed E-state index contributed by atoms with van der Waals surface area (Å²) in [6.07, 6.45) is -0.505. The van der Waals surface area contributed by atoms with Gasteiger partial charge in [-0.15, -0.1) is 0 Å². The molecule has 0 aliphatic carbocycles. The molecule has 0 spiro atoms. The summed E-state index contributed by atoms with van der Waals surface area (Å²) in [7, 11) is 0. The predicted molar refractivity (Wildman–Crippen MR) is 48.4 cm³/mol. The van der Waals surface area contributed by atoms with Crippen molar-refractivity contribution in [1.29, 1.82) is 0 Å². The summed E-state index contributed by atoms with van der Waals surface area (Å²) in [5.74, 6) is -0.653. The number of hydrogen-bond donors (Lipinski definition) is 1. The summed E-state index contributed by atoms with van der Waals surface area (Å²) in [6, 6.07) is 3.40. The molecule has 0 amide bonds. The molecule has 1 atom stereocenters. The third kappa shape index (κ3) is 2.50. The standard InChI is InChI=1S/C9H10FNO3/c1-6(12)4-7-2-3-8(11(13)14)5-9(7)10/h2-3,5-6,12H,4H2,1H3/t6-/m1/s1. The summed E-state index contributed by atoms with van der Waals surface area (Å²) in [5.41, 5.74) is 0.00226. The first-order chi connectivity index (χ1) is 6.50. The number of aliphatic hydroxyl groups is 1. The van der Waals surface area contributed by atoms with Crippen LogP contribution in [0.25, 0.3) is 0 Å². The molecule has 0 bridgehead atoms. The van der Waals surface area contributed by atoms with Gasteiger partial charge < -0.3 is 5.11 Å². The third-order valence-corrected chi connectivity index (χ3v) is 1.76. The van der Waals surface area contributed by atoms with Crippen molar-refractivity contribution in [1.82, 2.24) is 0 Å². The lowest BCUT2D eigenvalue weighted by molar-refractivity contribution is -0.385. The molecule has 14 heavy (non-hydrogen) atoms. The second kappa shape index (κ2) is 4.15. The van der Waals surface area contributed by atoms with Crippen LogP contribution >= 0.6 is 0 Å². The van der Waals surface area contributed by atoms with Crippen molar-refractivity contribution in [2.75, 3.05) is 0 Å². The van der Waals surface area contributed by atoms with Crippen LogP contribution in [0.3, 0.4) is 0 Å². The zero-order valence-electron chi connectivity index (χ0n) is 7.61. The molecule has 1 aromatic rings. The SMILES string of the molecule is C[C@@H](O)Cc1ccc([N+](=O)[O-])cc1F. The van der Waals surface area contributed by atoms with Crippen LogP contribution in [0.1, 0.15) is 12.5 Å². The molecule has 5 heteroatoms. The maximum absolute atomic E-state index is 13.2. The van der Waals surface area contributed by atoms with Gasteiger partial charge in [-0.3, -0.25) is 10.1 Å². The first-order valence-electron chi connectivity index (χ1n) is 4.11. The van der Waals surface area contributed by atoms with E-state index in [0.717, 1.165) is 6.07 Å². The molecule has 0 aliphatic heterocycles. The van der Waals surface area contributed by atoms with Gasteiger partial charge in [-0.1, -0.05) is 0 Å². The zero-order valence-corrected chi connectivity index (χ0v) is 7.61. The van der Waals surface area contributed by atoms with Crippen LogP contribution < -0.4 is 0 Å². The molecule has 76 valence electrons. The van der Waals surface area contributed by atoms with Crippen LogP contribution in [-0.4, -0.2) is 16.1 Å². The van der Waals surface area contributed by atoms with Crippen molar-refractivity contribution >= 4 is 5.69 Å². The second-order valence-corrected chi connectivity index (χ2v) is 3.09. The fraction of sp³-hybridized carbons (Fsp3) is 0.333. The topological polar surface area (TPSA) is 63.4 Å². The molecule has 0 saturated carbocycles. The Morgan fingerprint density at radius 3 is 2.71 bits per heavy atom. The fourth-order valence-electron chi connectivity index (χ4n) is 1.13. The lowest BCUT2D eigenvalue weighted by Gasteiger charge is -2.04. The summed E-state index contributed by atoms with van der Waals surface area (Å²) in [4.78, 5) is 9.62. The maximum atomic E-state index is 13.2. The fourth-order valence-corrected chi connectivity index (χ4v) is 1.13. The molecule has 0 radical (unpaired) electrons. The number of rotatable bonds is 3. The molecule has 1 aromatic carbocycles. The summed E-state index contributed by atoms with van der Waals surface area (Å²) in [6.45, 7) is 1.53. The molecule has 0 unspecified atom stereocenters. The van der Waals surface area contributed by atoms with Crippen molar-refractivity contribution in [3.05, 3.63) is 39.7 Å². The van der Waals surface area contributed by atoms with E-state index in [9.17, 15) is 14.5 Å². The summed E-state index contributed by atoms with van der Waals surface area (Å²) >= 11 is 0. The number of non-ortho nitro benzene ring substituents is 1. The van der Waals surface area contributed by atoms with Gasteiger partial charge in [0.1, 0.15) is 5.82 Å². The Kier molecular flexibility index (Phi) is 3.14. The van der Waals surface area contributed by atoms with E-state index in [0.29, 0.717) is 0 Å². The Bertz CT molecular complexity index is 352. The number of benzene rings is 1. The van der Waals surface area contributed by atoms with Crippen LogP contribution in [0, 0.1) is 15.9 Å². The summed E-state index contributed by atoms with van der Waals surface area (Å²) < 4.78 is 13.2. The molecule has 0 saturated heterocycles. The first-order valence-corrected chi connectivity index (χ1v) is 4.11. The van der Waals surface area contributed by atoms with Crippen molar-refractivity contribution < 1.29 is 14.4 Å². The van der Waals surface area contributed by atoms with Gasteiger partial charge in [0.2, 0.25) is 0 Å². The Morgan fingerprint density at radius 2 is 2.29 bits per heavy atom. The number of nitro benzene ring substituents is 1. The minimum Gasteiger partial charge on any atom is -0.393 e. The Hall–Kier alpha value is -1.49. The lowest BCUT2D eigenvalue weighted by Crippen LogP contribution is -2.06. The number of nitrogens with zero attached hydrogens (tertiary/aromatic N) is 1. The first kappa shape index (κ1) is 10.6. The third-order valence-electron chi connectivity index (χ3n) is 1.76. The van der Waals surface area contributed by atoms with Crippen molar-refractivity contribution in [3.8, 4) is 0 Å². The van der Waals surface area contributed by atoms with Gasteiger partial charge in [-0.25, -0.2) is 4.39 Å². The molecule has 0 aliphatic rings. The number of aliphatic hydroxyl groups excluding tert-OH is 1. The minimum absolute atomic E-state index is 0.157. The van der Waals surface area contributed by atoms with E-state index >= 15 is 0 Å². The van der Waals surface area contributed by atoms with Gasteiger partial charge in [0, 0.05) is 12.5 Å². The molecular weight excluding hydrogens is 189 g/mol. The van der Waals surface area contributed by atoms with Crippen LogP contribution in [0.2, 0.25) is 0 Å². The van der Waals surface area contributed by atoms with E-state index in [1.54, 1.807) is 0 Å². The van der Waals surface area contributed by atoms with Crippen LogP contribution in [0.5, 0.6) is 0 Å². The molecule has 0 fully saturated rings. The van der Waals surface area contributed by atoms with Gasteiger partial charge in [0.15, 0.2) is 0 Å².